The van der Waals surface area contributed by atoms with Crippen LogP contribution in [0.3, 0.4) is 0 Å². The van der Waals surface area contributed by atoms with E-state index in [1.165, 1.54) is 0 Å². The molecule has 1 aromatic carbocycles. The largest absolute Gasteiger partial charge is 0.481 e. The highest BCUT2D eigenvalue weighted by Crippen LogP contribution is 2.23. The van der Waals surface area contributed by atoms with Crippen molar-refractivity contribution in [1.82, 2.24) is 5.32 Å². The Kier molecular flexibility index (Phi) is 6.31. The molecule has 5 nitrogen and oxygen atoms in total. The van der Waals surface area contributed by atoms with Crippen molar-refractivity contribution < 1.29 is 13.2 Å². The molecule has 0 aliphatic carbocycles. The number of halogens is 1. The average Bonchev–Trinajstić information content (AvgIpc) is 2.32. The van der Waals surface area contributed by atoms with Crippen molar-refractivity contribution in [1.29, 1.82) is 0 Å². The molecule has 0 spiro atoms. The Balaban J connectivity index is 2.60. The number of hydrogen-bond donors (Lipinski definition) is 2. The Hall–Kier alpha value is -1.07. The summed E-state index contributed by atoms with van der Waals surface area (Å²) in [6.07, 6.45) is 5.15. The van der Waals surface area contributed by atoms with Gasteiger partial charge in [0.2, 0.25) is 10.0 Å². The fourth-order valence-electron chi connectivity index (χ4n) is 1.38. The second-order valence-corrected chi connectivity index (χ2v) is 6.44. The van der Waals surface area contributed by atoms with Crippen LogP contribution in [0.4, 0.5) is 0 Å². The molecule has 0 atom stereocenters. The Morgan fingerprint density at radius 2 is 2.21 bits per heavy atom. The lowest BCUT2D eigenvalue weighted by Crippen LogP contribution is -2.27. The molecule has 0 saturated carbocycles. The summed E-state index contributed by atoms with van der Waals surface area (Å²) in [5.74, 6) is 2.96. The van der Waals surface area contributed by atoms with Crippen molar-refractivity contribution in [3.63, 3.8) is 0 Å². The van der Waals surface area contributed by atoms with Gasteiger partial charge in [0.15, 0.2) is 0 Å². The SMILES string of the molecule is C#CCOc1ccc(Br)cc1CNCCS(N)(=O)=O. The number of primary sulfonamides is 1. The summed E-state index contributed by atoms with van der Waals surface area (Å²) in [5.41, 5.74) is 0.888. The molecule has 0 fully saturated rings. The lowest BCUT2D eigenvalue weighted by Gasteiger charge is -2.11. The van der Waals surface area contributed by atoms with Crippen LogP contribution in [0.25, 0.3) is 0 Å². The minimum atomic E-state index is -3.44. The number of rotatable bonds is 7. The van der Waals surface area contributed by atoms with Crippen LogP contribution >= 0.6 is 15.9 Å². The maximum Gasteiger partial charge on any atom is 0.210 e. The van der Waals surface area contributed by atoms with Crippen molar-refractivity contribution in [2.24, 2.45) is 5.14 Å². The summed E-state index contributed by atoms with van der Waals surface area (Å²) in [7, 11) is -3.44. The zero-order valence-electron chi connectivity index (χ0n) is 10.2. The molecule has 0 saturated heterocycles. The van der Waals surface area contributed by atoms with Gasteiger partial charge in [0.25, 0.3) is 0 Å². The van der Waals surface area contributed by atoms with Crippen molar-refractivity contribution in [2.75, 3.05) is 18.9 Å². The molecule has 0 bridgehead atoms. The average molecular weight is 347 g/mol. The van der Waals surface area contributed by atoms with Gasteiger partial charge in [-0.25, -0.2) is 13.6 Å². The normalized spacial score (nSPS) is 11.0. The van der Waals surface area contributed by atoms with E-state index in [4.69, 9.17) is 16.3 Å². The van der Waals surface area contributed by atoms with E-state index in [0.29, 0.717) is 12.3 Å². The highest BCUT2D eigenvalue weighted by atomic mass is 79.9. The van der Waals surface area contributed by atoms with Crippen LogP contribution in [0, 0.1) is 12.3 Å². The first kappa shape index (κ1) is 16.0. The summed E-state index contributed by atoms with van der Waals surface area (Å²) >= 11 is 3.37. The van der Waals surface area contributed by atoms with Crippen molar-refractivity contribution in [3.05, 3.63) is 28.2 Å². The molecule has 0 amide bonds. The van der Waals surface area contributed by atoms with Crippen LogP contribution in [-0.2, 0) is 16.6 Å². The summed E-state index contributed by atoms with van der Waals surface area (Å²) in [5, 5.41) is 7.90. The lowest BCUT2D eigenvalue weighted by molar-refractivity contribution is 0.365. The quantitative estimate of drug-likeness (QED) is 0.566. The fraction of sp³-hybridized carbons (Fsp3) is 0.333. The predicted molar refractivity (Wildman–Crippen MR) is 78.2 cm³/mol. The van der Waals surface area contributed by atoms with E-state index in [-0.39, 0.29) is 18.9 Å². The third-order valence-electron chi connectivity index (χ3n) is 2.21. The van der Waals surface area contributed by atoms with Gasteiger partial charge in [0.1, 0.15) is 12.4 Å². The molecule has 0 aliphatic rings. The molecule has 0 unspecified atom stereocenters. The number of nitrogens with two attached hydrogens (primary N) is 1. The molecule has 3 N–H and O–H groups in total. The number of ether oxygens (including phenoxy) is 1. The summed E-state index contributed by atoms with van der Waals surface area (Å²) < 4.78 is 27.9. The van der Waals surface area contributed by atoms with Crippen LogP contribution in [0.15, 0.2) is 22.7 Å². The van der Waals surface area contributed by atoms with Gasteiger partial charge in [-0.1, -0.05) is 21.9 Å². The van der Waals surface area contributed by atoms with Gasteiger partial charge >= 0.3 is 0 Å². The van der Waals surface area contributed by atoms with Gasteiger partial charge in [-0.2, -0.15) is 0 Å². The second kappa shape index (κ2) is 7.50. The van der Waals surface area contributed by atoms with Crippen molar-refractivity contribution >= 4 is 26.0 Å². The van der Waals surface area contributed by atoms with Gasteiger partial charge in [0.05, 0.1) is 5.75 Å². The van der Waals surface area contributed by atoms with Gasteiger partial charge in [-0.05, 0) is 18.2 Å². The van der Waals surface area contributed by atoms with Gasteiger partial charge in [0, 0.05) is 23.1 Å². The van der Waals surface area contributed by atoms with Crippen LogP contribution in [0.5, 0.6) is 5.75 Å². The molecular formula is C12H15BrN2O3S. The standard InChI is InChI=1S/C12H15BrN2O3S/c1-2-6-18-12-4-3-11(13)8-10(12)9-15-5-7-19(14,16)17/h1,3-4,8,15H,5-7,9H2,(H2,14,16,17). The molecular weight excluding hydrogens is 332 g/mol. The molecule has 0 radical (unpaired) electrons. The van der Waals surface area contributed by atoms with Crippen molar-refractivity contribution in [3.8, 4) is 18.1 Å². The van der Waals surface area contributed by atoms with Gasteiger partial charge < -0.3 is 10.1 Å². The molecule has 1 rings (SSSR count). The van der Waals surface area contributed by atoms with Crippen LogP contribution in [-0.4, -0.2) is 27.3 Å². The first-order valence-corrected chi connectivity index (χ1v) is 7.99. The summed E-state index contributed by atoms with van der Waals surface area (Å²) in [4.78, 5) is 0. The smallest absolute Gasteiger partial charge is 0.210 e. The molecule has 104 valence electrons. The highest BCUT2D eigenvalue weighted by molar-refractivity contribution is 9.10. The Morgan fingerprint density at radius 3 is 2.84 bits per heavy atom. The van der Waals surface area contributed by atoms with E-state index >= 15 is 0 Å². The molecule has 0 aromatic heterocycles. The monoisotopic (exact) mass is 346 g/mol. The number of terminal acetylenes is 1. The van der Waals surface area contributed by atoms with E-state index < -0.39 is 10.0 Å². The maximum absolute atomic E-state index is 10.8. The van der Waals surface area contributed by atoms with E-state index in [1.54, 1.807) is 6.07 Å². The van der Waals surface area contributed by atoms with E-state index in [1.807, 2.05) is 12.1 Å². The predicted octanol–water partition coefficient (Wildman–Crippen LogP) is 0.839. The topological polar surface area (TPSA) is 81.4 Å². The fourth-order valence-corrected chi connectivity index (χ4v) is 2.22. The molecule has 1 aromatic rings. The van der Waals surface area contributed by atoms with Gasteiger partial charge in [-0.3, -0.25) is 0 Å². The maximum atomic E-state index is 10.8. The number of nitrogens with one attached hydrogen (secondary N) is 1. The lowest BCUT2D eigenvalue weighted by atomic mass is 10.2. The van der Waals surface area contributed by atoms with Crippen LogP contribution in [0.1, 0.15) is 5.56 Å². The van der Waals surface area contributed by atoms with Crippen molar-refractivity contribution in [2.45, 2.75) is 6.54 Å². The Morgan fingerprint density at radius 1 is 1.47 bits per heavy atom. The van der Waals surface area contributed by atoms with Crippen LogP contribution < -0.4 is 15.2 Å². The zero-order chi connectivity index (χ0) is 14.3. The second-order valence-electron chi connectivity index (χ2n) is 3.79. The first-order valence-electron chi connectivity index (χ1n) is 5.48. The van der Waals surface area contributed by atoms with E-state index in [2.05, 4.69) is 27.2 Å². The number of sulfonamides is 1. The summed E-state index contributed by atoms with van der Waals surface area (Å²) in [6.45, 7) is 0.931. The van der Waals surface area contributed by atoms with Crippen LogP contribution in [0.2, 0.25) is 0 Å². The minimum Gasteiger partial charge on any atom is -0.481 e. The third kappa shape index (κ3) is 6.59. The van der Waals surface area contributed by atoms with E-state index in [9.17, 15) is 8.42 Å². The number of benzene rings is 1. The highest BCUT2D eigenvalue weighted by Gasteiger charge is 2.06. The number of hydrogen-bond acceptors (Lipinski definition) is 4. The first-order chi connectivity index (χ1) is 8.92. The van der Waals surface area contributed by atoms with Gasteiger partial charge in [-0.15, -0.1) is 6.42 Å². The third-order valence-corrected chi connectivity index (χ3v) is 3.48. The minimum absolute atomic E-state index is 0.110. The molecule has 7 heteroatoms. The molecule has 19 heavy (non-hydrogen) atoms. The molecule has 0 aliphatic heterocycles. The van der Waals surface area contributed by atoms with E-state index in [0.717, 1.165) is 10.0 Å². The Bertz CT molecular complexity index is 567. The Labute approximate surface area is 121 Å². The summed E-state index contributed by atoms with van der Waals surface area (Å²) in [6, 6.07) is 5.54. The zero-order valence-corrected chi connectivity index (χ0v) is 12.6. The molecule has 0 heterocycles.